The summed E-state index contributed by atoms with van der Waals surface area (Å²) in [6.07, 6.45) is 3.10. The van der Waals surface area contributed by atoms with E-state index in [9.17, 15) is 14.7 Å². The number of hydrogen-bond donors (Lipinski definition) is 1. The highest BCUT2D eigenvalue weighted by atomic mass is 16.6. The second-order valence-electron chi connectivity index (χ2n) is 6.92. The van der Waals surface area contributed by atoms with E-state index in [1.807, 2.05) is 25.8 Å². The van der Waals surface area contributed by atoms with Gasteiger partial charge in [-0.05, 0) is 46.5 Å². The molecule has 120 valence electrons. The van der Waals surface area contributed by atoms with Gasteiger partial charge in [-0.15, -0.1) is 0 Å². The highest BCUT2D eigenvalue weighted by Gasteiger charge is 2.37. The molecule has 0 aliphatic carbocycles. The summed E-state index contributed by atoms with van der Waals surface area (Å²) < 4.78 is 5.43. The molecule has 0 bridgehead atoms. The molecule has 2 saturated heterocycles. The second kappa shape index (κ2) is 6.32. The van der Waals surface area contributed by atoms with Gasteiger partial charge in [-0.3, -0.25) is 9.59 Å². The number of aliphatic carboxylic acids is 1. The molecule has 6 heteroatoms. The van der Waals surface area contributed by atoms with Crippen molar-refractivity contribution in [3.05, 3.63) is 0 Å². The van der Waals surface area contributed by atoms with Gasteiger partial charge in [0.2, 0.25) is 0 Å². The van der Waals surface area contributed by atoms with Crippen molar-refractivity contribution < 1.29 is 19.4 Å². The Morgan fingerprint density at radius 3 is 2.24 bits per heavy atom. The third-order valence-electron chi connectivity index (χ3n) is 4.08. The first-order valence-electron chi connectivity index (χ1n) is 7.75. The van der Waals surface area contributed by atoms with Crippen LogP contribution in [-0.4, -0.2) is 58.3 Å². The molecule has 2 rings (SSSR count). The molecule has 0 aromatic carbocycles. The van der Waals surface area contributed by atoms with Crippen LogP contribution < -0.4 is 0 Å². The molecule has 2 fully saturated rings. The number of hydrogen-bond acceptors (Lipinski definition) is 5. The molecule has 21 heavy (non-hydrogen) atoms. The first kappa shape index (κ1) is 16.2. The van der Waals surface area contributed by atoms with Crippen molar-refractivity contribution in [1.29, 1.82) is 0 Å². The number of rotatable bonds is 3. The van der Waals surface area contributed by atoms with E-state index in [-0.39, 0.29) is 11.9 Å². The van der Waals surface area contributed by atoms with E-state index in [1.54, 1.807) is 0 Å². The van der Waals surface area contributed by atoms with Crippen molar-refractivity contribution in [2.45, 2.75) is 58.1 Å². The Morgan fingerprint density at radius 1 is 1.10 bits per heavy atom. The van der Waals surface area contributed by atoms with Gasteiger partial charge in [-0.1, -0.05) is 0 Å². The van der Waals surface area contributed by atoms with Crippen LogP contribution in [0, 0.1) is 5.92 Å². The van der Waals surface area contributed by atoms with E-state index < -0.39 is 17.6 Å². The lowest BCUT2D eigenvalue weighted by molar-refractivity contribution is -0.166. The van der Waals surface area contributed by atoms with E-state index in [0.717, 1.165) is 38.9 Å². The van der Waals surface area contributed by atoms with E-state index >= 15 is 0 Å². The molecule has 1 N–H and O–H groups in total. The van der Waals surface area contributed by atoms with Crippen LogP contribution in [0.2, 0.25) is 0 Å². The summed E-state index contributed by atoms with van der Waals surface area (Å²) in [6, 6.07) is -0.400. The lowest BCUT2D eigenvalue weighted by Gasteiger charge is -2.39. The van der Waals surface area contributed by atoms with Gasteiger partial charge < -0.3 is 9.84 Å². The second-order valence-corrected chi connectivity index (χ2v) is 6.92. The van der Waals surface area contributed by atoms with Crippen LogP contribution in [0.25, 0.3) is 0 Å². The molecular weight excluding hydrogens is 272 g/mol. The standard InChI is InChI=1S/C15H26N2O4/c1-15(2,3)21-14(20)11-6-9-16(10-7-11)17-8-4-5-12(17)13(18)19/h11-12H,4-10H2,1-3H3,(H,18,19). The van der Waals surface area contributed by atoms with Crippen molar-refractivity contribution in [1.82, 2.24) is 10.0 Å². The maximum atomic E-state index is 12.1. The first-order valence-corrected chi connectivity index (χ1v) is 7.75. The molecule has 0 radical (unpaired) electrons. The quantitative estimate of drug-likeness (QED) is 0.796. The zero-order chi connectivity index (χ0) is 15.6. The Balaban J connectivity index is 1.86. The molecular formula is C15H26N2O4. The predicted octanol–water partition coefficient (Wildman–Crippen LogP) is 1.50. The number of hydrazine groups is 1. The number of carboxylic acid groups (broad SMARTS) is 1. The third kappa shape index (κ3) is 4.17. The fraction of sp³-hybridized carbons (Fsp3) is 0.867. The fourth-order valence-electron chi connectivity index (χ4n) is 3.08. The van der Waals surface area contributed by atoms with E-state index in [1.165, 1.54) is 0 Å². The molecule has 0 amide bonds. The van der Waals surface area contributed by atoms with Gasteiger partial charge in [-0.2, -0.15) is 0 Å². The zero-order valence-corrected chi connectivity index (χ0v) is 13.2. The molecule has 2 heterocycles. The number of ether oxygens (including phenoxy) is 1. The molecule has 1 atom stereocenters. The van der Waals surface area contributed by atoms with Gasteiger partial charge in [0.15, 0.2) is 0 Å². The minimum absolute atomic E-state index is 0.0636. The van der Waals surface area contributed by atoms with Crippen LogP contribution in [0.5, 0.6) is 0 Å². The van der Waals surface area contributed by atoms with Crippen LogP contribution >= 0.6 is 0 Å². The summed E-state index contributed by atoms with van der Waals surface area (Å²) in [5, 5.41) is 13.3. The number of piperidine rings is 1. The van der Waals surface area contributed by atoms with Gasteiger partial charge in [0.1, 0.15) is 11.6 Å². The molecule has 2 aliphatic heterocycles. The van der Waals surface area contributed by atoms with Crippen LogP contribution in [0.1, 0.15) is 46.5 Å². The summed E-state index contributed by atoms with van der Waals surface area (Å²) >= 11 is 0. The summed E-state index contributed by atoms with van der Waals surface area (Å²) in [7, 11) is 0. The Bertz CT molecular complexity index is 397. The lowest BCUT2D eigenvalue weighted by atomic mass is 9.97. The lowest BCUT2D eigenvalue weighted by Crippen LogP contribution is -2.52. The van der Waals surface area contributed by atoms with Crippen molar-refractivity contribution in [2.24, 2.45) is 5.92 Å². The molecule has 6 nitrogen and oxygen atoms in total. The number of carbonyl (C=O) groups excluding carboxylic acids is 1. The summed E-state index contributed by atoms with van der Waals surface area (Å²) in [4.78, 5) is 23.3. The van der Waals surface area contributed by atoms with E-state index in [0.29, 0.717) is 6.42 Å². The maximum Gasteiger partial charge on any atom is 0.322 e. The minimum atomic E-state index is -0.748. The van der Waals surface area contributed by atoms with Crippen LogP contribution in [0.4, 0.5) is 0 Å². The molecule has 0 aromatic heterocycles. The maximum absolute atomic E-state index is 12.1. The van der Waals surface area contributed by atoms with Crippen LogP contribution in [0.3, 0.4) is 0 Å². The summed E-state index contributed by atoms with van der Waals surface area (Å²) in [6.45, 7) is 7.89. The van der Waals surface area contributed by atoms with Crippen LogP contribution in [-0.2, 0) is 14.3 Å². The van der Waals surface area contributed by atoms with E-state index in [4.69, 9.17) is 4.74 Å². The Labute approximate surface area is 126 Å². The number of esters is 1. The van der Waals surface area contributed by atoms with Gasteiger partial charge in [0, 0.05) is 19.6 Å². The topological polar surface area (TPSA) is 70.1 Å². The van der Waals surface area contributed by atoms with Crippen molar-refractivity contribution in [3.63, 3.8) is 0 Å². The normalized spacial score (nSPS) is 26.0. The predicted molar refractivity (Wildman–Crippen MR) is 77.5 cm³/mol. The number of carbonyl (C=O) groups is 2. The molecule has 2 aliphatic rings. The molecule has 1 unspecified atom stereocenters. The zero-order valence-electron chi connectivity index (χ0n) is 13.2. The Kier molecular flexibility index (Phi) is 4.88. The molecule has 0 spiro atoms. The monoisotopic (exact) mass is 298 g/mol. The van der Waals surface area contributed by atoms with Crippen LogP contribution in [0.15, 0.2) is 0 Å². The van der Waals surface area contributed by atoms with Crippen molar-refractivity contribution in [3.8, 4) is 0 Å². The van der Waals surface area contributed by atoms with Crippen molar-refractivity contribution >= 4 is 11.9 Å². The smallest absolute Gasteiger partial charge is 0.322 e. The Morgan fingerprint density at radius 2 is 1.71 bits per heavy atom. The SMILES string of the molecule is CC(C)(C)OC(=O)C1CCN(N2CCCC2C(=O)O)CC1. The van der Waals surface area contributed by atoms with E-state index in [2.05, 4.69) is 5.01 Å². The number of carboxylic acids is 1. The van der Waals surface area contributed by atoms with Gasteiger partial charge >= 0.3 is 11.9 Å². The molecule has 0 saturated carbocycles. The summed E-state index contributed by atoms with van der Waals surface area (Å²) in [5.74, 6) is -0.938. The highest BCUT2D eigenvalue weighted by molar-refractivity contribution is 5.74. The Hall–Kier alpha value is -1.14. The average molecular weight is 298 g/mol. The number of nitrogens with zero attached hydrogens (tertiary/aromatic N) is 2. The summed E-state index contributed by atoms with van der Waals surface area (Å²) in [5.41, 5.74) is -0.447. The third-order valence-corrected chi connectivity index (χ3v) is 4.08. The van der Waals surface area contributed by atoms with Gasteiger partial charge in [-0.25, -0.2) is 10.0 Å². The van der Waals surface area contributed by atoms with Gasteiger partial charge in [0.05, 0.1) is 5.92 Å². The molecule has 0 aromatic rings. The van der Waals surface area contributed by atoms with Crippen molar-refractivity contribution in [2.75, 3.05) is 19.6 Å². The first-order chi connectivity index (χ1) is 9.78. The van der Waals surface area contributed by atoms with Gasteiger partial charge in [0.25, 0.3) is 0 Å². The fourth-order valence-corrected chi connectivity index (χ4v) is 3.08. The highest BCUT2D eigenvalue weighted by Crippen LogP contribution is 2.26. The largest absolute Gasteiger partial charge is 0.480 e. The average Bonchev–Trinajstić information content (AvgIpc) is 2.86. The minimum Gasteiger partial charge on any atom is -0.480 e.